The first-order valence-electron chi connectivity index (χ1n) is 10.8. The molecule has 6 nitrogen and oxygen atoms in total. The van der Waals surface area contributed by atoms with Gasteiger partial charge in [0.05, 0.1) is 18.0 Å². The zero-order valence-corrected chi connectivity index (χ0v) is 18.5. The average Bonchev–Trinajstić information content (AvgIpc) is 3.46. The number of benzene rings is 2. The Balaban J connectivity index is 1.44. The molecule has 2 aromatic heterocycles. The number of phenolic OH excluding ortho intramolecular Hbond substituents is 1. The van der Waals surface area contributed by atoms with Crippen molar-refractivity contribution in [1.29, 1.82) is 0 Å². The van der Waals surface area contributed by atoms with Crippen LogP contribution in [0.1, 0.15) is 24.2 Å². The lowest BCUT2D eigenvalue weighted by molar-refractivity contribution is 0.0667. The molecule has 4 aromatic rings. The Labute approximate surface area is 190 Å². The number of aromatic amines is 1. The van der Waals surface area contributed by atoms with Crippen molar-refractivity contribution in [3.05, 3.63) is 81.7 Å². The van der Waals surface area contributed by atoms with Crippen molar-refractivity contribution >= 4 is 21.6 Å². The molecule has 5 rings (SSSR count). The number of H-pyrrole nitrogens is 1. The second-order valence-electron chi connectivity index (χ2n) is 8.14. The quantitative estimate of drug-likeness (QED) is 0.435. The maximum atomic E-state index is 13.0. The van der Waals surface area contributed by atoms with Crippen LogP contribution in [0.4, 0.5) is 0 Å². The standard InChI is InChI=1S/C25H25N3O3S/c29-21-11-5-4-9-18(21)13-28(14-19-10-6-12-31-19)15-22-26-24(30)23-20(16-32-25(23)27-22)17-7-2-1-3-8-17/h1-5,7-9,11,16,19,29H,6,10,12-15H2,(H,26,27,30). The molecule has 1 unspecified atom stereocenters. The van der Waals surface area contributed by atoms with Crippen molar-refractivity contribution in [2.75, 3.05) is 13.2 Å². The molecule has 164 valence electrons. The van der Waals surface area contributed by atoms with Crippen molar-refractivity contribution in [1.82, 2.24) is 14.9 Å². The summed E-state index contributed by atoms with van der Waals surface area (Å²) in [6.07, 6.45) is 2.24. The second kappa shape index (κ2) is 9.24. The molecule has 2 aromatic carbocycles. The van der Waals surface area contributed by atoms with Gasteiger partial charge in [-0.1, -0.05) is 48.5 Å². The van der Waals surface area contributed by atoms with E-state index in [-0.39, 0.29) is 17.4 Å². The number of nitrogens with one attached hydrogen (secondary N) is 1. The highest BCUT2D eigenvalue weighted by atomic mass is 32.1. The van der Waals surface area contributed by atoms with Crippen LogP contribution in [0, 0.1) is 0 Å². The Morgan fingerprint density at radius 1 is 1.12 bits per heavy atom. The molecular weight excluding hydrogens is 422 g/mol. The first-order chi connectivity index (χ1) is 15.7. The lowest BCUT2D eigenvalue weighted by Gasteiger charge is -2.25. The smallest absolute Gasteiger partial charge is 0.260 e. The van der Waals surface area contributed by atoms with Crippen molar-refractivity contribution in [2.45, 2.75) is 32.0 Å². The van der Waals surface area contributed by atoms with E-state index >= 15 is 0 Å². The van der Waals surface area contributed by atoms with E-state index < -0.39 is 0 Å². The fourth-order valence-corrected chi connectivity index (χ4v) is 5.22. The third-order valence-corrected chi connectivity index (χ3v) is 6.69. The Morgan fingerprint density at radius 3 is 2.72 bits per heavy atom. The summed E-state index contributed by atoms with van der Waals surface area (Å²) in [4.78, 5) is 23.7. The van der Waals surface area contributed by atoms with Crippen LogP contribution >= 0.6 is 11.3 Å². The third kappa shape index (κ3) is 4.46. The molecule has 0 saturated carbocycles. The van der Waals surface area contributed by atoms with E-state index in [1.807, 2.05) is 53.9 Å². The van der Waals surface area contributed by atoms with Crippen LogP contribution in [-0.4, -0.2) is 39.2 Å². The monoisotopic (exact) mass is 447 g/mol. The summed E-state index contributed by atoms with van der Waals surface area (Å²) in [7, 11) is 0. The summed E-state index contributed by atoms with van der Waals surface area (Å²) in [5.41, 5.74) is 2.65. The molecule has 1 aliphatic rings. The first-order valence-corrected chi connectivity index (χ1v) is 11.7. The van der Waals surface area contributed by atoms with Crippen LogP contribution in [0.2, 0.25) is 0 Å². The molecule has 0 amide bonds. The highest BCUT2D eigenvalue weighted by molar-refractivity contribution is 7.17. The van der Waals surface area contributed by atoms with Crippen LogP contribution in [0.25, 0.3) is 21.3 Å². The predicted molar refractivity (Wildman–Crippen MR) is 127 cm³/mol. The summed E-state index contributed by atoms with van der Waals surface area (Å²) >= 11 is 1.49. The van der Waals surface area contributed by atoms with E-state index in [0.29, 0.717) is 24.3 Å². The summed E-state index contributed by atoms with van der Waals surface area (Å²) in [6.45, 7) is 2.52. The minimum absolute atomic E-state index is 0.121. The average molecular weight is 448 g/mol. The van der Waals surface area contributed by atoms with Gasteiger partial charge in [-0.05, 0) is 24.5 Å². The van der Waals surface area contributed by atoms with Gasteiger partial charge in [-0.15, -0.1) is 11.3 Å². The van der Waals surface area contributed by atoms with Gasteiger partial charge in [0.25, 0.3) is 5.56 Å². The normalized spacial score (nSPS) is 16.2. The number of phenols is 1. The largest absolute Gasteiger partial charge is 0.508 e. The molecule has 3 heterocycles. The third-order valence-electron chi connectivity index (χ3n) is 5.82. The zero-order valence-electron chi connectivity index (χ0n) is 17.7. The van der Waals surface area contributed by atoms with Gasteiger partial charge in [-0.25, -0.2) is 4.98 Å². The number of nitrogens with zero attached hydrogens (tertiary/aromatic N) is 2. The molecule has 0 spiro atoms. The SMILES string of the molecule is O=c1[nH]c(CN(Cc2ccccc2O)CC2CCCO2)nc2scc(-c3ccccc3)c12. The molecule has 1 aliphatic heterocycles. The Bertz CT molecular complexity index is 1260. The van der Waals surface area contributed by atoms with Crippen molar-refractivity contribution in [3.63, 3.8) is 0 Å². The molecular formula is C25H25N3O3S. The van der Waals surface area contributed by atoms with Gasteiger partial charge < -0.3 is 14.8 Å². The van der Waals surface area contributed by atoms with Gasteiger partial charge in [0.15, 0.2) is 0 Å². The second-order valence-corrected chi connectivity index (χ2v) is 9.00. The Hall–Kier alpha value is -3.00. The van der Waals surface area contributed by atoms with Gasteiger partial charge in [0, 0.05) is 36.2 Å². The maximum absolute atomic E-state index is 13.0. The molecule has 32 heavy (non-hydrogen) atoms. The van der Waals surface area contributed by atoms with Crippen molar-refractivity contribution in [2.24, 2.45) is 0 Å². The van der Waals surface area contributed by atoms with Crippen molar-refractivity contribution in [3.8, 4) is 16.9 Å². The molecule has 0 aliphatic carbocycles. The highest BCUT2D eigenvalue weighted by Crippen LogP contribution is 2.30. The lowest BCUT2D eigenvalue weighted by Crippen LogP contribution is -2.32. The predicted octanol–water partition coefficient (Wildman–Crippen LogP) is 4.54. The number of rotatable bonds is 7. The van der Waals surface area contributed by atoms with E-state index in [0.717, 1.165) is 47.5 Å². The van der Waals surface area contributed by atoms with E-state index in [9.17, 15) is 9.90 Å². The molecule has 0 radical (unpaired) electrons. The molecule has 1 atom stereocenters. The van der Waals surface area contributed by atoms with Gasteiger partial charge >= 0.3 is 0 Å². The number of hydrogen-bond donors (Lipinski definition) is 2. The molecule has 1 fully saturated rings. The van der Waals surface area contributed by atoms with Gasteiger partial charge in [-0.3, -0.25) is 9.69 Å². The van der Waals surface area contributed by atoms with E-state index in [4.69, 9.17) is 9.72 Å². The number of aromatic hydroxyl groups is 1. The first kappa shape index (κ1) is 20.9. The van der Waals surface area contributed by atoms with Gasteiger partial charge in [0.1, 0.15) is 16.4 Å². The van der Waals surface area contributed by atoms with Crippen LogP contribution in [0.15, 0.2) is 64.8 Å². The minimum Gasteiger partial charge on any atom is -0.508 e. The minimum atomic E-state index is -0.121. The van der Waals surface area contributed by atoms with Crippen LogP contribution in [0.3, 0.4) is 0 Å². The van der Waals surface area contributed by atoms with E-state index in [1.54, 1.807) is 6.07 Å². The van der Waals surface area contributed by atoms with Gasteiger partial charge in [-0.2, -0.15) is 0 Å². The topological polar surface area (TPSA) is 78.5 Å². The Morgan fingerprint density at radius 2 is 1.94 bits per heavy atom. The number of para-hydroxylation sites is 1. The fraction of sp³-hybridized carbons (Fsp3) is 0.280. The number of thiophene rings is 1. The van der Waals surface area contributed by atoms with Crippen LogP contribution in [0.5, 0.6) is 5.75 Å². The fourth-order valence-electron chi connectivity index (χ4n) is 4.26. The number of hydrogen-bond acceptors (Lipinski definition) is 6. The lowest BCUT2D eigenvalue weighted by atomic mass is 10.1. The van der Waals surface area contributed by atoms with Gasteiger partial charge in [0.2, 0.25) is 0 Å². The molecule has 0 bridgehead atoms. The maximum Gasteiger partial charge on any atom is 0.260 e. The molecule has 2 N–H and O–H groups in total. The Kier molecular flexibility index (Phi) is 6.03. The summed E-state index contributed by atoms with van der Waals surface area (Å²) in [5.74, 6) is 0.893. The summed E-state index contributed by atoms with van der Waals surface area (Å²) < 4.78 is 5.84. The highest BCUT2D eigenvalue weighted by Gasteiger charge is 2.22. The molecule has 7 heteroatoms. The van der Waals surface area contributed by atoms with Crippen LogP contribution < -0.4 is 5.56 Å². The number of fused-ring (bicyclic) bond motifs is 1. The number of aromatic nitrogens is 2. The summed E-state index contributed by atoms with van der Waals surface area (Å²) in [6, 6.07) is 17.3. The van der Waals surface area contributed by atoms with E-state index in [2.05, 4.69) is 9.88 Å². The van der Waals surface area contributed by atoms with Crippen LogP contribution in [-0.2, 0) is 17.8 Å². The van der Waals surface area contributed by atoms with Crippen molar-refractivity contribution < 1.29 is 9.84 Å². The number of ether oxygens (including phenoxy) is 1. The zero-order chi connectivity index (χ0) is 21.9. The van der Waals surface area contributed by atoms with E-state index in [1.165, 1.54) is 11.3 Å². The molecule has 1 saturated heterocycles. The summed E-state index contributed by atoms with van der Waals surface area (Å²) in [5, 5.41) is 12.9.